The van der Waals surface area contributed by atoms with Crippen LogP contribution in [0.2, 0.25) is 5.02 Å². The Bertz CT molecular complexity index is 984. The van der Waals surface area contributed by atoms with E-state index in [1.807, 2.05) is 31.2 Å². The second-order valence-corrected chi connectivity index (χ2v) is 6.19. The molecule has 3 rings (SSSR count). The van der Waals surface area contributed by atoms with E-state index in [9.17, 15) is 14.7 Å². The first-order chi connectivity index (χ1) is 12.0. The number of para-hydroxylation sites is 1. The zero-order valence-electron chi connectivity index (χ0n) is 13.6. The van der Waals surface area contributed by atoms with Crippen molar-refractivity contribution >= 4 is 40.8 Å². The number of hydrogen-bond acceptors (Lipinski definition) is 2. The lowest BCUT2D eigenvalue weighted by atomic mass is 10.1. The highest BCUT2D eigenvalue weighted by Crippen LogP contribution is 2.26. The van der Waals surface area contributed by atoms with E-state index in [1.165, 1.54) is 0 Å². The van der Waals surface area contributed by atoms with Gasteiger partial charge in [-0.05, 0) is 42.3 Å². The highest BCUT2D eigenvalue weighted by atomic mass is 35.5. The van der Waals surface area contributed by atoms with Crippen LogP contribution in [0, 0.1) is 6.92 Å². The van der Waals surface area contributed by atoms with E-state index in [-0.39, 0.29) is 12.1 Å². The third kappa shape index (κ3) is 3.35. The number of carboxylic acid groups (broad SMARTS) is 1. The van der Waals surface area contributed by atoms with Crippen LogP contribution in [0.15, 0.2) is 54.1 Å². The summed E-state index contributed by atoms with van der Waals surface area (Å²) in [5, 5.41) is 11.1. The van der Waals surface area contributed by atoms with Crippen molar-refractivity contribution < 1.29 is 14.7 Å². The average Bonchev–Trinajstić information content (AvgIpc) is 2.88. The first kappa shape index (κ1) is 17.0. The van der Waals surface area contributed by atoms with E-state index in [0.717, 1.165) is 28.3 Å². The molecule has 0 aliphatic rings. The smallest absolute Gasteiger partial charge is 0.333 e. The largest absolute Gasteiger partial charge is 0.478 e. The van der Waals surface area contributed by atoms with Crippen molar-refractivity contribution in [2.45, 2.75) is 13.5 Å². The summed E-state index contributed by atoms with van der Waals surface area (Å²) < 4.78 is 1.74. The molecule has 0 aliphatic carbocycles. The number of aliphatic carboxylic acids is 1. The van der Waals surface area contributed by atoms with E-state index in [4.69, 9.17) is 11.6 Å². The number of halogens is 1. The van der Waals surface area contributed by atoms with Crippen LogP contribution < -0.4 is 0 Å². The molecule has 0 atom stereocenters. The van der Waals surface area contributed by atoms with Crippen molar-refractivity contribution in [2.75, 3.05) is 0 Å². The topological polar surface area (TPSA) is 59.3 Å². The molecule has 0 spiro atoms. The fourth-order valence-electron chi connectivity index (χ4n) is 2.92. The molecule has 0 saturated heterocycles. The molecular weight excluding hydrogens is 338 g/mol. The maximum atomic E-state index is 11.7. The van der Waals surface area contributed by atoms with Gasteiger partial charge in [-0.1, -0.05) is 41.9 Å². The molecule has 0 radical (unpaired) electrons. The monoisotopic (exact) mass is 353 g/mol. The molecule has 25 heavy (non-hydrogen) atoms. The lowest BCUT2D eigenvalue weighted by Crippen LogP contribution is -2.11. The molecule has 1 aromatic heterocycles. The van der Waals surface area contributed by atoms with Gasteiger partial charge in [0.15, 0.2) is 6.29 Å². The number of carboxylic acids is 1. The van der Waals surface area contributed by atoms with E-state index in [2.05, 4.69) is 0 Å². The summed E-state index contributed by atoms with van der Waals surface area (Å²) in [6.07, 6.45) is 2.37. The zero-order valence-corrected chi connectivity index (χ0v) is 14.3. The van der Waals surface area contributed by atoms with Crippen molar-refractivity contribution in [1.82, 2.24) is 4.57 Å². The molecule has 4 nitrogen and oxygen atoms in total. The maximum Gasteiger partial charge on any atom is 0.333 e. The van der Waals surface area contributed by atoms with Crippen LogP contribution in [0.25, 0.3) is 17.0 Å². The molecule has 0 amide bonds. The molecule has 0 aliphatic heterocycles. The van der Waals surface area contributed by atoms with Crippen LogP contribution in [0.5, 0.6) is 0 Å². The highest BCUT2D eigenvalue weighted by molar-refractivity contribution is 6.30. The number of aryl methyl sites for hydroxylation is 1. The molecule has 1 heterocycles. The number of fused-ring (bicyclic) bond motifs is 1. The molecule has 3 aromatic rings. The molecular formula is C20H16ClNO3. The van der Waals surface area contributed by atoms with Gasteiger partial charge in [-0.3, -0.25) is 4.79 Å². The molecule has 126 valence electrons. The molecule has 0 saturated carbocycles. The van der Waals surface area contributed by atoms with E-state index in [1.54, 1.807) is 34.9 Å². The standard InChI is InChI=1S/C20H16ClNO3/c1-13-17-4-2-3-5-18(17)22(19(13)12-23)11-15(20(24)25)10-14-6-8-16(21)9-7-14/h2-10,12H,11H2,1H3,(H,24,25)/b15-10+. The summed E-state index contributed by atoms with van der Waals surface area (Å²) in [5.41, 5.74) is 3.10. The Labute approximate surface area is 150 Å². The number of benzene rings is 2. The predicted molar refractivity (Wildman–Crippen MR) is 99.1 cm³/mol. The van der Waals surface area contributed by atoms with E-state index < -0.39 is 5.97 Å². The number of carbonyl (C=O) groups excluding carboxylic acids is 1. The van der Waals surface area contributed by atoms with E-state index in [0.29, 0.717) is 10.7 Å². The molecule has 0 bridgehead atoms. The Kier molecular flexibility index (Phi) is 4.72. The number of aldehydes is 1. The first-order valence-corrected chi connectivity index (χ1v) is 8.11. The predicted octanol–water partition coefficient (Wildman–Crippen LogP) is 4.58. The molecule has 0 unspecified atom stereocenters. The van der Waals surface area contributed by atoms with Gasteiger partial charge in [0.1, 0.15) is 0 Å². The number of carbonyl (C=O) groups is 2. The van der Waals surface area contributed by atoms with Crippen LogP contribution in [0.4, 0.5) is 0 Å². The van der Waals surface area contributed by atoms with Gasteiger partial charge >= 0.3 is 5.97 Å². The summed E-state index contributed by atoms with van der Waals surface area (Å²) in [5.74, 6) is -1.03. The van der Waals surface area contributed by atoms with Gasteiger partial charge in [-0.2, -0.15) is 0 Å². The third-order valence-electron chi connectivity index (χ3n) is 4.20. The Morgan fingerprint density at radius 3 is 2.48 bits per heavy atom. The second-order valence-electron chi connectivity index (χ2n) is 5.76. The summed E-state index contributed by atoms with van der Waals surface area (Å²) >= 11 is 5.87. The van der Waals surface area contributed by atoms with Gasteiger partial charge < -0.3 is 9.67 Å². The fraction of sp³-hybridized carbons (Fsp3) is 0.100. The molecule has 0 fully saturated rings. The summed E-state index contributed by atoms with van der Waals surface area (Å²) in [6.45, 7) is 1.96. The third-order valence-corrected chi connectivity index (χ3v) is 4.45. The van der Waals surface area contributed by atoms with Crippen molar-refractivity contribution in [2.24, 2.45) is 0 Å². The molecule has 5 heteroatoms. The summed E-state index contributed by atoms with van der Waals surface area (Å²) in [6, 6.07) is 14.5. The van der Waals surface area contributed by atoms with Crippen molar-refractivity contribution in [3.05, 3.63) is 75.9 Å². The number of nitrogens with zero attached hydrogens (tertiary/aromatic N) is 1. The van der Waals surface area contributed by atoms with E-state index >= 15 is 0 Å². The fourth-order valence-corrected chi connectivity index (χ4v) is 3.05. The van der Waals surface area contributed by atoms with Crippen LogP contribution in [-0.4, -0.2) is 21.9 Å². The van der Waals surface area contributed by atoms with Crippen molar-refractivity contribution in [3.8, 4) is 0 Å². The second kappa shape index (κ2) is 6.95. The molecule has 2 aromatic carbocycles. The minimum Gasteiger partial charge on any atom is -0.478 e. The normalized spacial score (nSPS) is 11.7. The van der Waals surface area contributed by atoms with Crippen LogP contribution in [0.3, 0.4) is 0 Å². The van der Waals surface area contributed by atoms with Gasteiger partial charge in [0.05, 0.1) is 17.8 Å². The van der Waals surface area contributed by atoms with Gasteiger partial charge in [-0.15, -0.1) is 0 Å². The number of rotatable bonds is 5. The Hall–Kier alpha value is -2.85. The minimum atomic E-state index is -1.03. The molecule has 1 N–H and O–H groups in total. The van der Waals surface area contributed by atoms with Crippen LogP contribution >= 0.6 is 11.6 Å². The lowest BCUT2D eigenvalue weighted by Gasteiger charge is -2.09. The summed E-state index contributed by atoms with van der Waals surface area (Å²) in [7, 11) is 0. The van der Waals surface area contributed by atoms with Crippen molar-refractivity contribution in [1.29, 1.82) is 0 Å². The average molecular weight is 354 g/mol. The highest BCUT2D eigenvalue weighted by Gasteiger charge is 2.17. The first-order valence-electron chi connectivity index (χ1n) is 7.73. The van der Waals surface area contributed by atoms with Gasteiger partial charge in [0, 0.05) is 15.9 Å². The Balaban J connectivity index is 2.10. The minimum absolute atomic E-state index is 0.0976. The van der Waals surface area contributed by atoms with Gasteiger partial charge in [0.2, 0.25) is 0 Å². The SMILES string of the molecule is Cc1c(C=O)n(C/C(=C\c2ccc(Cl)cc2)C(=O)O)c2ccccc12. The van der Waals surface area contributed by atoms with Gasteiger partial charge in [-0.25, -0.2) is 4.79 Å². The maximum absolute atomic E-state index is 11.7. The van der Waals surface area contributed by atoms with Crippen LogP contribution in [-0.2, 0) is 11.3 Å². The van der Waals surface area contributed by atoms with Gasteiger partial charge in [0.25, 0.3) is 0 Å². The number of aromatic nitrogens is 1. The summed E-state index contributed by atoms with van der Waals surface area (Å²) in [4.78, 5) is 23.3. The Morgan fingerprint density at radius 2 is 1.84 bits per heavy atom. The Morgan fingerprint density at radius 1 is 1.16 bits per heavy atom. The number of hydrogen-bond donors (Lipinski definition) is 1. The zero-order chi connectivity index (χ0) is 18.0. The quantitative estimate of drug-likeness (QED) is 0.539. The van der Waals surface area contributed by atoms with Crippen LogP contribution in [0.1, 0.15) is 21.6 Å². The lowest BCUT2D eigenvalue weighted by molar-refractivity contribution is -0.132. The van der Waals surface area contributed by atoms with Crippen molar-refractivity contribution in [3.63, 3.8) is 0 Å².